The van der Waals surface area contributed by atoms with Crippen LogP contribution in [0.2, 0.25) is 0 Å². The van der Waals surface area contributed by atoms with E-state index in [2.05, 4.69) is 4.74 Å². The minimum absolute atomic E-state index is 0.0285. The van der Waals surface area contributed by atoms with Gasteiger partial charge >= 0.3 is 22.3 Å². The van der Waals surface area contributed by atoms with Crippen LogP contribution < -0.4 is 4.72 Å². The van der Waals surface area contributed by atoms with Crippen molar-refractivity contribution in [2.75, 3.05) is 13.2 Å². The molecule has 1 aliphatic heterocycles. The molecule has 2 N–H and O–H groups in total. The van der Waals surface area contributed by atoms with Crippen molar-refractivity contribution in [3.05, 3.63) is 0 Å². The van der Waals surface area contributed by atoms with Crippen LogP contribution in [0.5, 0.6) is 0 Å². The average molecular weight is 294 g/mol. The van der Waals surface area contributed by atoms with Crippen molar-refractivity contribution in [2.45, 2.75) is 32.7 Å². The van der Waals surface area contributed by atoms with E-state index in [0.717, 1.165) is 4.31 Å². The third-order valence-corrected chi connectivity index (χ3v) is 4.38. The minimum atomic E-state index is -4.19. The minimum Gasteiger partial charge on any atom is -0.480 e. The normalized spacial score (nSPS) is 24.7. The van der Waals surface area contributed by atoms with Gasteiger partial charge in [-0.1, -0.05) is 6.92 Å². The molecular weight excluding hydrogens is 276 g/mol. The summed E-state index contributed by atoms with van der Waals surface area (Å²) < 4.78 is 30.9. The van der Waals surface area contributed by atoms with Crippen LogP contribution in [0.3, 0.4) is 0 Å². The van der Waals surface area contributed by atoms with Crippen molar-refractivity contribution >= 4 is 22.3 Å². The summed E-state index contributed by atoms with van der Waals surface area (Å²) in [6.07, 6.45) is -0.336. The van der Waals surface area contributed by atoms with E-state index < -0.39 is 28.3 Å². The molecule has 110 valence electrons. The molecule has 2 atom stereocenters. The maximum absolute atomic E-state index is 11.9. The summed E-state index contributed by atoms with van der Waals surface area (Å²) in [4.78, 5) is 22.3. The molecule has 1 fully saturated rings. The number of carboxylic acids is 1. The van der Waals surface area contributed by atoms with Crippen molar-refractivity contribution in [3.8, 4) is 0 Å². The zero-order chi connectivity index (χ0) is 14.6. The summed E-state index contributed by atoms with van der Waals surface area (Å²) >= 11 is 0. The third kappa shape index (κ3) is 4.06. The maximum Gasteiger partial charge on any atom is 0.421 e. The predicted octanol–water partition coefficient (Wildman–Crippen LogP) is 0.162. The highest BCUT2D eigenvalue weighted by Gasteiger charge is 2.39. The van der Waals surface area contributed by atoms with Crippen LogP contribution in [0.4, 0.5) is 4.79 Å². The molecule has 0 saturated carbocycles. The lowest BCUT2D eigenvalue weighted by atomic mass is 9.94. The Morgan fingerprint density at radius 2 is 2.11 bits per heavy atom. The number of amides is 1. The van der Waals surface area contributed by atoms with Gasteiger partial charge in [-0.25, -0.2) is 9.52 Å². The molecule has 1 heterocycles. The molecule has 1 aliphatic rings. The molecule has 1 amide bonds. The van der Waals surface area contributed by atoms with Gasteiger partial charge in [0.05, 0.1) is 6.61 Å². The van der Waals surface area contributed by atoms with Crippen LogP contribution >= 0.6 is 0 Å². The Bertz CT molecular complexity index is 449. The summed E-state index contributed by atoms with van der Waals surface area (Å²) in [5, 5.41) is 9.08. The van der Waals surface area contributed by atoms with Gasteiger partial charge in [-0.2, -0.15) is 12.7 Å². The van der Waals surface area contributed by atoms with Crippen molar-refractivity contribution in [3.63, 3.8) is 0 Å². The van der Waals surface area contributed by atoms with Crippen LogP contribution in [0, 0.1) is 5.92 Å². The van der Waals surface area contributed by atoms with E-state index in [1.165, 1.54) is 6.92 Å². The Labute approximate surface area is 111 Å². The van der Waals surface area contributed by atoms with Gasteiger partial charge in [-0.15, -0.1) is 0 Å². The highest BCUT2D eigenvalue weighted by molar-refractivity contribution is 7.87. The molecule has 0 aliphatic carbocycles. The highest BCUT2D eigenvalue weighted by Crippen LogP contribution is 2.24. The average Bonchev–Trinajstić information content (AvgIpc) is 2.27. The number of carbonyl (C=O) groups is 2. The number of carbonyl (C=O) groups excluding carboxylic acids is 1. The van der Waals surface area contributed by atoms with Crippen molar-refractivity contribution in [1.29, 1.82) is 0 Å². The molecule has 0 bridgehead atoms. The zero-order valence-corrected chi connectivity index (χ0v) is 11.6. The van der Waals surface area contributed by atoms with Crippen molar-refractivity contribution < 1.29 is 27.9 Å². The molecule has 8 nitrogen and oxygen atoms in total. The fourth-order valence-electron chi connectivity index (χ4n) is 1.96. The largest absolute Gasteiger partial charge is 0.480 e. The lowest BCUT2D eigenvalue weighted by molar-refractivity contribution is -0.143. The monoisotopic (exact) mass is 294 g/mol. The van der Waals surface area contributed by atoms with Crippen LogP contribution in [0.25, 0.3) is 0 Å². The highest BCUT2D eigenvalue weighted by atomic mass is 32.2. The number of carboxylic acid groups (broad SMARTS) is 1. The summed E-state index contributed by atoms with van der Waals surface area (Å²) in [5.74, 6) is -1.10. The number of hydrogen-bond acceptors (Lipinski definition) is 5. The number of hydrogen-bond donors (Lipinski definition) is 2. The maximum atomic E-state index is 11.9. The Kier molecular flexibility index (Phi) is 5.12. The van der Waals surface area contributed by atoms with Gasteiger partial charge < -0.3 is 9.84 Å². The molecule has 0 aromatic carbocycles. The Morgan fingerprint density at radius 3 is 2.63 bits per heavy atom. The molecule has 9 heteroatoms. The van der Waals surface area contributed by atoms with Crippen LogP contribution in [-0.2, 0) is 19.7 Å². The van der Waals surface area contributed by atoms with Crippen molar-refractivity contribution in [2.24, 2.45) is 5.92 Å². The number of nitrogens with one attached hydrogen (secondary N) is 1. The van der Waals surface area contributed by atoms with Gasteiger partial charge in [-0.3, -0.25) is 4.79 Å². The molecule has 2 unspecified atom stereocenters. The van der Waals surface area contributed by atoms with Gasteiger partial charge in [-0.05, 0) is 25.7 Å². The summed E-state index contributed by atoms with van der Waals surface area (Å²) in [6.45, 7) is 3.49. The summed E-state index contributed by atoms with van der Waals surface area (Å²) in [5.41, 5.74) is 0. The first-order valence-electron chi connectivity index (χ1n) is 5.97. The molecular formula is C10H18N2O6S. The van der Waals surface area contributed by atoms with E-state index >= 15 is 0 Å². The van der Waals surface area contributed by atoms with Gasteiger partial charge in [0.1, 0.15) is 6.04 Å². The molecule has 1 saturated heterocycles. The second-order valence-electron chi connectivity index (χ2n) is 4.42. The van der Waals surface area contributed by atoms with E-state index in [0.29, 0.717) is 6.42 Å². The summed E-state index contributed by atoms with van der Waals surface area (Å²) in [7, 11) is -4.19. The number of piperidine rings is 1. The van der Waals surface area contributed by atoms with E-state index in [9.17, 15) is 18.0 Å². The Hall–Kier alpha value is -1.35. The standard InChI is InChI=1S/C10H18N2O6S/c1-3-18-10(15)11-19(16,17)12-5-4-7(2)6-8(12)9(13)14/h7-8H,3-6H2,1-2H3,(H,11,15)(H,13,14). The summed E-state index contributed by atoms with van der Waals surface area (Å²) in [6, 6.07) is -1.16. The number of nitrogens with zero attached hydrogens (tertiary/aromatic N) is 1. The van der Waals surface area contributed by atoms with E-state index in [1.54, 1.807) is 4.72 Å². The lowest BCUT2D eigenvalue weighted by Crippen LogP contribution is -2.54. The molecule has 1 rings (SSSR count). The zero-order valence-electron chi connectivity index (χ0n) is 10.8. The Morgan fingerprint density at radius 1 is 1.47 bits per heavy atom. The van der Waals surface area contributed by atoms with Gasteiger partial charge in [0, 0.05) is 6.54 Å². The lowest BCUT2D eigenvalue weighted by Gasteiger charge is -2.34. The van der Waals surface area contributed by atoms with Gasteiger partial charge in [0.15, 0.2) is 0 Å². The first-order chi connectivity index (χ1) is 8.77. The molecule has 19 heavy (non-hydrogen) atoms. The van der Waals surface area contributed by atoms with Gasteiger partial charge in [0.2, 0.25) is 0 Å². The second kappa shape index (κ2) is 6.20. The second-order valence-corrected chi connectivity index (χ2v) is 6.05. The van der Waals surface area contributed by atoms with E-state index in [4.69, 9.17) is 5.11 Å². The van der Waals surface area contributed by atoms with Crippen LogP contribution in [0.15, 0.2) is 0 Å². The number of rotatable bonds is 4. The van der Waals surface area contributed by atoms with Crippen molar-refractivity contribution in [1.82, 2.24) is 9.03 Å². The number of aliphatic carboxylic acids is 1. The quantitative estimate of drug-likeness (QED) is 0.763. The van der Waals surface area contributed by atoms with E-state index in [1.807, 2.05) is 6.92 Å². The molecule has 0 radical (unpaired) electrons. The SMILES string of the molecule is CCOC(=O)NS(=O)(=O)N1CCC(C)CC1C(=O)O. The smallest absolute Gasteiger partial charge is 0.421 e. The number of ether oxygens (including phenoxy) is 1. The first-order valence-corrected chi connectivity index (χ1v) is 7.41. The molecule has 0 aromatic heterocycles. The fourth-order valence-corrected chi connectivity index (χ4v) is 3.20. The van der Waals surface area contributed by atoms with Crippen LogP contribution in [0.1, 0.15) is 26.7 Å². The topological polar surface area (TPSA) is 113 Å². The van der Waals surface area contributed by atoms with Gasteiger partial charge in [0.25, 0.3) is 0 Å². The van der Waals surface area contributed by atoms with Crippen LogP contribution in [-0.4, -0.2) is 49.1 Å². The molecule has 0 aromatic rings. The first kappa shape index (κ1) is 15.7. The van der Waals surface area contributed by atoms with E-state index in [-0.39, 0.29) is 25.5 Å². The molecule has 0 spiro atoms. The third-order valence-electron chi connectivity index (χ3n) is 2.90. The fraction of sp³-hybridized carbons (Fsp3) is 0.800. The predicted molar refractivity (Wildman–Crippen MR) is 65.6 cm³/mol. The Balaban J connectivity index is 2.85.